The van der Waals surface area contributed by atoms with Gasteiger partial charge >= 0.3 is 0 Å². The summed E-state index contributed by atoms with van der Waals surface area (Å²) in [5, 5.41) is 11.7. The van der Waals surface area contributed by atoms with Gasteiger partial charge in [0.25, 0.3) is 11.8 Å². The molecule has 4 rings (SSSR count). The lowest BCUT2D eigenvalue weighted by Crippen LogP contribution is -2.18. The minimum absolute atomic E-state index is 0.0275. The molecule has 0 atom stereocenters. The third-order valence-corrected chi connectivity index (χ3v) is 5.19. The maximum Gasteiger partial charge on any atom is 0.267 e. The lowest BCUT2D eigenvalue weighted by molar-refractivity contribution is 0.0996. The van der Waals surface area contributed by atoms with E-state index in [2.05, 4.69) is 51.8 Å². The highest BCUT2D eigenvalue weighted by molar-refractivity contribution is 6.13. The summed E-state index contributed by atoms with van der Waals surface area (Å²) >= 11 is 0. The molecule has 0 spiro atoms. The van der Waals surface area contributed by atoms with Gasteiger partial charge in [0, 0.05) is 5.39 Å². The van der Waals surface area contributed by atoms with Gasteiger partial charge < -0.3 is 11.1 Å². The zero-order chi connectivity index (χ0) is 22.0. The Bertz CT molecular complexity index is 1280. The molecule has 0 aliphatic rings. The monoisotopic (exact) mass is 414 g/mol. The van der Waals surface area contributed by atoms with Gasteiger partial charge in [-0.3, -0.25) is 9.59 Å². The van der Waals surface area contributed by atoms with Crippen molar-refractivity contribution < 1.29 is 9.59 Å². The molecule has 31 heavy (non-hydrogen) atoms. The van der Waals surface area contributed by atoms with Crippen LogP contribution in [0, 0.1) is 6.92 Å². The van der Waals surface area contributed by atoms with Crippen molar-refractivity contribution in [3.8, 4) is 0 Å². The summed E-state index contributed by atoms with van der Waals surface area (Å²) in [6, 6.07) is 16.8. The van der Waals surface area contributed by atoms with Gasteiger partial charge in [-0.2, -0.15) is 0 Å². The lowest BCUT2D eigenvalue weighted by atomic mass is 10.1. The first-order valence-corrected chi connectivity index (χ1v) is 9.95. The fourth-order valence-electron chi connectivity index (χ4n) is 3.34. The molecule has 8 nitrogen and oxygen atoms in total. The van der Waals surface area contributed by atoms with E-state index in [9.17, 15) is 9.59 Å². The molecule has 2 amide bonds. The molecule has 0 radical (unpaired) electrons. The number of aryl methyl sites for hydroxylation is 1. The van der Waals surface area contributed by atoms with Crippen LogP contribution in [0.3, 0.4) is 0 Å². The Labute approximate surface area is 179 Å². The average Bonchev–Trinajstić information content (AvgIpc) is 3.12. The number of rotatable bonds is 6. The molecule has 8 heteroatoms. The lowest BCUT2D eigenvalue weighted by Gasteiger charge is -2.09. The van der Waals surface area contributed by atoms with E-state index < -0.39 is 11.8 Å². The van der Waals surface area contributed by atoms with Crippen LogP contribution in [0.1, 0.15) is 44.6 Å². The Hall–Kier alpha value is -4.07. The number of fused-ring (bicyclic) bond motifs is 1. The van der Waals surface area contributed by atoms with Crippen molar-refractivity contribution >= 4 is 28.5 Å². The van der Waals surface area contributed by atoms with Crippen molar-refractivity contribution in [3.63, 3.8) is 0 Å². The molecular formula is C23H22N6O2. The number of nitrogens with two attached hydrogens (primary N) is 1. The Morgan fingerprint density at radius 3 is 2.48 bits per heavy atom. The molecule has 2 aromatic carbocycles. The van der Waals surface area contributed by atoms with Gasteiger partial charge in [-0.05, 0) is 36.6 Å². The van der Waals surface area contributed by atoms with Crippen molar-refractivity contribution in [2.24, 2.45) is 5.73 Å². The number of primary amides is 1. The number of hydrogen-bond donors (Lipinski definition) is 2. The van der Waals surface area contributed by atoms with Crippen molar-refractivity contribution in [3.05, 3.63) is 82.7 Å². The number of nitrogens with zero attached hydrogens (tertiary/aromatic N) is 4. The average molecular weight is 414 g/mol. The van der Waals surface area contributed by atoms with Crippen LogP contribution in [0.25, 0.3) is 10.9 Å². The number of para-hydroxylation sites is 1. The molecule has 0 saturated carbocycles. The van der Waals surface area contributed by atoms with Crippen molar-refractivity contribution in [2.45, 2.75) is 26.8 Å². The molecule has 4 aromatic rings. The van der Waals surface area contributed by atoms with Crippen LogP contribution in [0.5, 0.6) is 0 Å². The number of amides is 2. The molecule has 3 N–H and O–H groups in total. The van der Waals surface area contributed by atoms with Gasteiger partial charge in [0.1, 0.15) is 5.69 Å². The zero-order valence-corrected chi connectivity index (χ0v) is 17.3. The SMILES string of the molecule is CCc1ccc(Cn2nnc(NC(=O)c3cc(C(N)=O)nc4ccccc34)c2C)cc1. The highest BCUT2D eigenvalue weighted by atomic mass is 16.2. The van der Waals surface area contributed by atoms with Crippen LogP contribution in [0.4, 0.5) is 5.82 Å². The number of anilines is 1. The molecule has 0 bridgehead atoms. The largest absolute Gasteiger partial charge is 0.364 e. The number of pyridine rings is 1. The zero-order valence-electron chi connectivity index (χ0n) is 17.3. The van der Waals surface area contributed by atoms with Crippen LogP contribution in [-0.2, 0) is 13.0 Å². The molecule has 0 aliphatic heterocycles. The van der Waals surface area contributed by atoms with Crippen LogP contribution in [0.15, 0.2) is 54.6 Å². The van der Waals surface area contributed by atoms with Gasteiger partial charge in [-0.15, -0.1) is 5.10 Å². The van der Waals surface area contributed by atoms with Gasteiger partial charge in [0.15, 0.2) is 5.82 Å². The van der Waals surface area contributed by atoms with Gasteiger partial charge in [0.05, 0.1) is 23.3 Å². The van der Waals surface area contributed by atoms with Crippen LogP contribution < -0.4 is 11.1 Å². The molecule has 0 fully saturated rings. The quantitative estimate of drug-likeness (QED) is 0.503. The number of benzene rings is 2. The second-order valence-electron chi connectivity index (χ2n) is 7.24. The van der Waals surface area contributed by atoms with Gasteiger partial charge in [-0.1, -0.05) is 54.6 Å². The first-order valence-electron chi connectivity index (χ1n) is 9.95. The fourth-order valence-corrected chi connectivity index (χ4v) is 3.34. The second-order valence-corrected chi connectivity index (χ2v) is 7.24. The summed E-state index contributed by atoms with van der Waals surface area (Å²) in [7, 11) is 0. The molecule has 2 aromatic heterocycles. The van der Waals surface area contributed by atoms with Gasteiger partial charge in [-0.25, -0.2) is 9.67 Å². The molecule has 0 saturated heterocycles. The first-order chi connectivity index (χ1) is 15.0. The van der Waals surface area contributed by atoms with E-state index in [0.717, 1.165) is 17.7 Å². The topological polar surface area (TPSA) is 116 Å². The van der Waals surface area contributed by atoms with Crippen molar-refractivity contribution in [1.29, 1.82) is 0 Å². The van der Waals surface area contributed by atoms with E-state index in [1.165, 1.54) is 11.6 Å². The predicted molar refractivity (Wildman–Crippen MR) is 118 cm³/mol. The number of aromatic nitrogens is 4. The van der Waals surface area contributed by atoms with Crippen LogP contribution >= 0.6 is 0 Å². The third kappa shape index (κ3) is 4.13. The summed E-state index contributed by atoms with van der Waals surface area (Å²) in [4.78, 5) is 28.9. The van der Waals surface area contributed by atoms with E-state index in [1.807, 2.05) is 6.92 Å². The Morgan fingerprint density at radius 2 is 1.77 bits per heavy atom. The van der Waals surface area contributed by atoms with E-state index in [4.69, 9.17) is 5.73 Å². The minimum Gasteiger partial charge on any atom is -0.364 e. The normalized spacial score (nSPS) is 10.9. The standard InChI is InChI=1S/C23H22N6O2/c1-3-15-8-10-16(11-9-15)13-29-14(2)22(27-28-29)26-23(31)18-12-20(21(24)30)25-19-7-5-4-6-17(18)19/h4-12H,3,13H2,1-2H3,(H2,24,30)(H,26,31). The van der Waals surface area contributed by atoms with E-state index in [1.54, 1.807) is 28.9 Å². The van der Waals surface area contributed by atoms with E-state index >= 15 is 0 Å². The molecule has 2 heterocycles. The summed E-state index contributed by atoms with van der Waals surface area (Å²) in [6.45, 7) is 4.50. The summed E-state index contributed by atoms with van der Waals surface area (Å²) in [5.41, 5.74) is 9.31. The predicted octanol–water partition coefficient (Wildman–Crippen LogP) is 3.10. The highest BCUT2D eigenvalue weighted by Crippen LogP contribution is 2.21. The van der Waals surface area contributed by atoms with E-state index in [0.29, 0.717) is 28.8 Å². The molecular weight excluding hydrogens is 392 g/mol. The number of hydrogen-bond acceptors (Lipinski definition) is 5. The number of carbonyl (C=O) groups excluding carboxylic acids is 2. The minimum atomic E-state index is -0.698. The van der Waals surface area contributed by atoms with Crippen LogP contribution in [-0.4, -0.2) is 31.8 Å². The molecule has 0 unspecified atom stereocenters. The molecule has 156 valence electrons. The summed E-state index contributed by atoms with van der Waals surface area (Å²) in [6.07, 6.45) is 0.986. The Balaban J connectivity index is 1.60. The second kappa shape index (κ2) is 8.35. The maximum absolute atomic E-state index is 13.0. The van der Waals surface area contributed by atoms with Crippen LogP contribution in [0.2, 0.25) is 0 Å². The third-order valence-electron chi connectivity index (χ3n) is 5.19. The highest BCUT2D eigenvalue weighted by Gasteiger charge is 2.18. The maximum atomic E-state index is 13.0. The molecule has 0 aliphatic carbocycles. The Kier molecular flexibility index (Phi) is 5.44. The fraction of sp³-hybridized carbons (Fsp3) is 0.174. The smallest absolute Gasteiger partial charge is 0.267 e. The van der Waals surface area contributed by atoms with Gasteiger partial charge in [0.2, 0.25) is 0 Å². The number of nitrogens with one attached hydrogen (secondary N) is 1. The summed E-state index contributed by atoms with van der Waals surface area (Å²) < 4.78 is 1.73. The number of carbonyl (C=O) groups is 2. The van der Waals surface area contributed by atoms with Crippen molar-refractivity contribution in [1.82, 2.24) is 20.0 Å². The Morgan fingerprint density at radius 1 is 1.06 bits per heavy atom. The first kappa shape index (κ1) is 20.2. The van der Waals surface area contributed by atoms with E-state index in [-0.39, 0.29) is 5.69 Å². The summed E-state index contributed by atoms with van der Waals surface area (Å²) in [5.74, 6) is -0.753. The van der Waals surface area contributed by atoms with Crippen molar-refractivity contribution in [2.75, 3.05) is 5.32 Å².